The van der Waals surface area contributed by atoms with Crippen LogP contribution in [0.4, 0.5) is 0 Å². The molecule has 0 spiro atoms. The molecule has 0 saturated carbocycles. The molecule has 2 aromatic heterocycles. The van der Waals surface area contributed by atoms with Crippen molar-refractivity contribution in [3.8, 4) is 5.75 Å². The highest BCUT2D eigenvalue weighted by Crippen LogP contribution is 2.25. The molecule has 0 bridgehead atoms. The van der Waals surface area contributed by atoms with Gasteiger partial charge >= 0.3 is 0 Å². The molecule has 0 aliphatic rings. The number of aliphatic imine (C=N–C) groups is 1. The molecule has 0 radical (unpaired) electrons. The van der Waals surface area contributed by atoms with Gasteiger partial charge in [-0.2, -0.15) is 0 Å². The van der Waals surface area contributed by atoms with Crippen LogP contribution in [0.2, 0.25) is 5.02 Å². The van der Waals surface area contributed by atoms with Crippen LogP contribution in [0.5, 0.6) is 5.75 Å². The summed E-state index contributed by atoms with van der Waals surface area (Å²) in [7, 11) is 3.56. The van der Waals surface area contributed by atoms with E-state index in [1.54, 1.807) is 18.4 Å². The van der Waals surface area contributed by atoms with Gasteiger partial charge in [-0.15, -0.1) is 45.5 Å². The molecule has 162 valence electrons. The van der Waals surface area contributed by atoms with Crippen LogP contribution in [0.15, 0.2) is 40.7 Å². The molecule has 0 amide bonds. The lowest BCUT2D eigenvalue weighted by molar-refractivity contribution is 0.415. The number of methoxy groups -OCH3 is 1. The summed E-state index contributed by atoms with van der Waals surface area (Å²) >= 11 is 7.98. The van der Waals surface area contributed by atoms with E-state index in [-0.39, 0.29) is 24.0 Å². The van der Waals surface area contributed by atoms with Crippen molar-refractivity contribution in [1.29, 1.82) is 0 Å². The van der Waals surface area contributed by atoms with Gasteiger partial charge in [0.2, 0.25) is 0 Å². The molecule has 1 aromatic carbocycles. The van der Waals surface area contributed by atoms with Crippen molar-refractivity contribution >= 4 is 52.9 Å². The highest BCUT2D eigenvalue weighted by Gasteiger charge is 2.07. The van der Waals surface area contributed by atoms with Crippen LogP contribution in [0.3, 0.4) is 0 Å². The quantitative estimate of drug-likeness (QED) is 0.248. The lowest BCUT2D eigenvalue weighted by Gasteiger charge is -2.12. The molecule has 3 aromatic rings. The van der Waals surface area contributed by atoms with Crippen LogP contribution in [0, 0.1) is 6.92 Å². The first-order chi connectivity index (χ1) is 14.1. The summed E-state index contributed by atoms with van der Waals surface area (Å²) in [5, 5.41) is 17.7. The third-order valence-electron chi connectivity index (χ3n) is 4.48. The van der Waals surface area contributed by atoms with Gasteiger partial charge in [0.15, 0.2) is 11.8 Å². The van der Waals surface area contributed by atoms with Crippen LogP contribution in [-0.4, -0.2) is 34.4 Å². The standard InChI is InChI=1S/C20H25ClN6OS.HI/c1-14-25-26-19(27(14)2)13-24-20(22-9-8-16-5-4-10-29-16)23-12-15-6-7-18(28-3)17(21)11-15;/h4-7,10-11H,8-9,12-13H2,1-3H3,(H2,22,23,24);1H. The Balaban J connectivity index is 0.00000320. The van der Waals surface area contributed by atoms with Crippen LogP contribution < -0.4 is 15.4 Å². The lowest BCUT2D eigenvalue weighted by atomic mass is 10.2. The van der Waals surface area contributed by atoms with E-state index in [4.69, 9.17) is 21.3 Å². The SMILES string of the molecule is COc1ccc(CN=C(NCCc2cccs2)NCc2nnc(C)n2C)cc1Cl.I. The molecule has 2 heterocycles. The second-order valence-corrected chi connectivity index (χ2v) is 7.91. The maximum atomic E-state index is 6.22. The fourth-order valence-corrected chi connectivity index (χ4v) is 3.67. The Hall–Kier alpha value is -1.85. The zero-order valence-electron chi connectivity index (χ0n) is 17.2. The van der Waals surface area contributed by atoms with Crippen LogP contribution in [0.1, 0.15) is 22.1 Å². The fraction of sp³-hybridized carbons (Fsp3) is 0.350. The summed E-state index contributed by atoms with van der Waals surface area (Å²) in [5.74, 6) is 3.10. The number of rotatable bonds is 8. The number of benzene rings is 1. The first-order valence-corrected chi connectivity index (χ1v) is 10.5. The Morgan fingerprint density at radius 2 is 2.10 bits per heavy atom. The number of aryl methyl sites for hydroxylation is 1. The highest BCUT2D eigenvalue weighted by atomic mass is 127. The Kier molecular flexibility index (Phi) is 9.86. The highest BCUT2D eigenvalue weighted by molar-refractivity contribution is 14.0. The van der Waals surface area contributed by atoms with Crippen molar-refractivity contribution in [2.75, 3.05) is 13.7 Å². The van der Waals surface area contributed by atoms with Crippen LogP contribution in [0.25, 0.3) is 0 Å². The zero-order chi connectivity index (χ0) is 20.6. The van der Waals surface area contributed by atoms with Gasteiger partial charge in [0.25, 0.3) is 0 Å². The number of guanidine groups is 1. The second-order valence-electron chi connectivity index (χ2n) is 6.47. The molecule has 0 aliphatic heterocycles. The molecule has 30 heavy (non-hydrogen) atoms. The largest absolute Gasteiger partial charge is 0.495 e. The van der Waals surface area contributed by atoms with Crippen LogP contribution in [-0.2, 0) is 26.6 Å². The molecule has 0 atom stereocenters. The Morgan fingerprint density at radius 3 is 2.73 bits per heavy atom. The van der Waals surface area contributed by atoms with Gasteiger partial charge in [-0.05, 0) is 42.5 Å². The molecular weight excluding hydrogens is 535 g/mol. The van der Waals surface area contributed by atoms with Crippen molar-refractivity contribution in [3.63, 3.8) is 0 Å². The fourth-order valence-electron chi connectivity index (χ4n) is 2.68. The van der Waals surface area contributed by atoms with E-state index in [9.17, 15) is 0 Å². The van der Waals surface area contributed by atoms with Crippen molar-refractivity contribution in [2.24, 2.45) is 12.0 Å². The molecule has 0 fully saturated rings. The first-order valence-electron chi connectivity index (χ1n) is 9.28. The number of thiophene rings is 1. The van der Waals surface area contributed by atoms with Gasteiger partial charge in [0.1, 0.15) is 11.6 Å². The van der Waals surface area contributed by atoms with E-state index in [1.807, 2.05) is 36.7 Å². The summed E-state index contributed by atoms with van der Waals surface area (Å²) in [6.07, 6.45) is 0.940. The third kappa shape index (κ3) is 6.85. The van der Waals surface area contributed by atoms with Crippen molar-refractivity contribution in [3.05, 3.63) is 62.8 Å². The maximum absolute atomic E-state index is 6.22. The van der Waals surface area contributed by atoms with Crippen molar-refractivity contribution in [1.82, 2.24) is 25.4 Å². The predicted molar refractivity (Wildman–Crippen MR) is 133 cm³/mol. The van der Waals surface area contributed by atoms with E-state index in [0.717, 1.165) is 30.2 Å². The summed E-state index contributed by atoms with van der Waals surface area (Å²) in [4.78, 5) is 6.04. The first kappa shape index (κ1) is 24.4. The number of ether oxygens (including phenoxy) is 1. The third-order valence-corrected chi connectivity index (χ3v) is 5.71. The van der Waals surface area contributed by atoms with Crippen LogP contribution >= 0.6 is 46.9 Å². The normalized spacial score (nSPS) is 11.1. The average molecular weight is 561 g/mol. The van der Waals surface area contributed by atoms with Crippen molar-refractivity contribution in [2.45, 2.75) is 26.4 Å². The van der Waals surface area contributed by atoms with E-state index in [0.29, 0.717) is 29.8 Å². The molecule has 7 nitrogen and oxygen atoms in total. The summed E-state index contributed by atoms with van der Waals surface area (Å²) in [6.45, 7) is 3.74. The topological polar surface area (TPSA) is 76.4 Å². The predicted octanol–water partition coefficient (Wildman–Crippen LogP) is 3.94. The molecule has 0 aliphatic carbocycles. The minimum absolute atomic E-state index is 0. The van der Waals surface area contributed by atoms with Crippen molar-refractivity contribution < 1.29 is 4.74 Å². The molecule has 0 saturated heterocycles. The monoisotopic (exact) mass is 560 g/mol. The summed E-state index contributed by atoms with van der Waals surface area (Å²) < 4.78 is 7.17. The van der Waals surface area contributed by atoms with E-state index in [1.165, 1.54) is 4.88 Å². The second kappa shape index (κ2) is 12.1. The van der Waals surface area contributed by atoms with Gasteiger partial charge in [-0.1, -0.05) is 23.7 Å². The Morgan fingerprint density at radius 1 is 1.27 bits per heavy atom. The number of halogens is 2. The average Bonchev–Trinajstić information content (AvgIpc) is 3.34. The Bertz CT molecular complexity index is 960. The minimum Gasteiger partial charge on any atom is -0.495 e. The van der Waals surface area contributed by atoms with E-state index >= 15 is 0 Å². The maximum Gasteiger partial charge on any atom is 0.191 e. The van der Waals surface area contributed by atoms with E-state index < -0.39 is 0 Å². The number of aromatic nitrogens is 3. The van der Waals surface area contributed by atoms with E-state index in [2.05, 4.69) is 38.3 Å². The number of hydrogen-bond donors (Lipinski definition) is 2. The van der Waals surface area contributed by atoms with Gasteiger partial charge in [0, 0.05) is 18.5 Å². The number of hydrogen-bond acceptors (Lipinski definition) is 5. The minimum atomic E-state index is 0. The smallest absolute Gasteiger partial charge is 0.191 e. The van der Waals surface area contributed by atoms with Gasteiger partial charge in [-0.3, -0.25) is 0 Å². The molecule has 0 unspecified atom stereocenters. The Labute approximate surface area is 202 Å². The van der Waals surface area contributed by atoms with Gasteiger partial charge in [-0.25, -0.2) is 4.99 Å². The molecule has 10 heteroatoms. The number of nitrogens with zero attached hydrogens (tertiary/aromatic N) is 4. The molecule has 3 rings (SSSR count). The molecular formula is C20H26ClIN6OS. The lowest BCUT2D eigenvalue weighted by Crippen LogP contribution is -2.38. The summed E-state index contributed by atoms with van der Waals surface area (Å²) in [5.41, 5.74) is 1.00. The number of nitrogens with one attached hydrogen (secondary N) is 2. The zero-order valence-corrected chi connectivity index (χ0v) is 21.1. The molecule has 2 N–H and O–H groups in total. The summed E-state index contributed by atoms with van der Waals surface area (Å²) in [6, 6.07) is 9.89. The van der Waals surface area contributed by atoms with Gasteiger partial charge < -0.3 is 19.9 Å². The van der Waals surface area contributed by atoms with Gasteiger partial charge in [0.05, 0.1) is 25.2 Å².